The van der Waals surface area contributed by atoms with E-state index in [1.165, 1.54) is 16.4 Å². The number of rotatable bonds is 7. The monoisotopic (exact) mass is 470 g/mol. The Hall–Kier alpha value is -3.61. The number of sulfonamides is 1. The summed E-state index contributed by atoms with van der Waals surface area (Å²) in [5, 5.41) is 15.9. The van der Waals surface area contributed by atoms with Crippen molar-refractivity contribution in [3.8, 4) is 5.69 Å². The van der Waals surface area contributed by atoms with Crippen LogP contribution in [0, 0.1) is 10.1 Å². The molecule has 0 unspecified atom stereocenters. The highest BCUT2D eigenvalue weighted by atomic mass is 32.2. The molecule has 0 atom stereocenters. The van der Waals surface area contributed by atoms with Gasteiger partial charge in [0.05, 0.1) is 35.1 Å². The number of ether oxygens (including phenoxy) is 1. The van der Waals surface area contributed by atoms with Crippen LogP contribution in [0.5, 0.6) is 0 Å². The molecule has 4 rings (SSSR count). The summed E-state index contributed by atoms with van der Waals surface area (Å²) in [4.78, 5) is 14.9. The number of benzene rings is 2. The third kappa shape index (κ3) is 4.92. The molecule has 11 nitrogen and oxygen atoms in total. The molecule has 1 aliphatic rings. The maximum Gasteiger partial charge on any atom is 0.295 e. The lowest BCUT2D eigenvalue weighted by molar-refractivity contribution is -0.384. The molecule has 0 saturated carbocycles. The Balaban J connectivity index is 1.55. The normalized spacial score (nSPS) is 15.4. The molecule has 0 amide bonds. The van der Waals surface area contributed by atoms with Gasteiger partial charge < -0.3 is 9.30 Å². The first-order valence-corrected chi connectivity index (χ1v) is 11.6. The lowest BCUT2D eigenvalue weighted by Gasteiger charge is -2.26. The number of nitrogens with one attached hydrogen (secondary N) is 1. The van der Waals surface area contributed by atoms with E-state index in [4.69, 9.17) is 4.74 Å². The van der Waals surface area contributed by atoms with Crippen LogP contribution in [0.3, 0.4) is 0 Å². The summed E-state index contributed by atoms with van der Waals surface area (Å²) in [6.45, 7) is 2.76. The number of hydrogen-bond donors (Lipinski definition) is 1. The predicted octanol–water partition coefficient (Wildman–Crippen LogP) is 2.64. The van der Waals surface area contributed by atoms with Gasteiger partial charge in [-0.05, 0) is 36.8 Å². The van der Waals surface area contributed by atoms with Gasteiger partial charge in [0.2, 0.25) is 10.0 Å². The first-order valence-electron chi connectivity index (χ1n) is 10.1. The van der Waals surface area contributed by atoms with Crippen LogP contribution in [0.2, 0.25) is 0 Å². The van der Waals surface area contributed by atoms with Gasteiger partial charge in [-0.25, -0.2) is 13.4 Å². The van der Waals surface area contributed by atoms with Gasteiger partial charge in [0.15, 0.2) is 0 Å². The average molecular weight is 471 g/mol. The fraction of sp³-hybridized carbons (Fsp3) is 0.238. The number of hydrazone groups is 1. The number of imidazole rings is 1. The maximum atomic E-state index is 12.8. The van der Waals surface area contributed by atoms with Gasteiger partial charge in [-0.15, -0.1) is 0 Å². The standard InChI is InChI=1S/C21H22N6O5S/c1-16(17-2-4-18(5-3-17)25-9-8-22-15-25)23-24-20-7-6-19(14-21(20)27(28)29)33(30,31)26-10-12-32-13-11-26/h2-9,14-15,24H,10-13H2,1H3/b23-16+. The van der Waals surface area contributed by atoms with Crippen LogP contribution in [0.1, 0.15) is 12.5 Å². The van der Waals surface area contributed by atoms with Crippen molar-refractivity contribution in [2.45, 2.75) is 11.8 Å². The number of hydrogen-bond acceptors (Lipinski definition) is 8. The highest BCUT2D eigenvalue weighted by Gasteiger charge is 2.28. The Labute approximate surface area is 190 Å². The zero-order valence-electron chi connectivity index (χ0n) is 17.8. The third-order valence-electron chi connectivity index (χ3n) is 5.21. The van der Waals surface area contributed by atoms with E-state index in [1.54, 1.807) is 19.4 Å². The zero-order chi connectivity index (χ0) is 23.4. The molecule has 0 bridgehead atoms. The average Bonchev–Trinajstić information content (AvgIpc) is 3.38. The molecular weight excluding hydrogens is 448 g/mol. The highest BCUT2D eigenvalue weighted by molar-refractivity contribution is 7.89. The molecule has 0 spiro atoms. The molecule has 33 heavy (non-hydrogen) atoms. The maximum absolute atomic E-state index is 12.8. The van der Waals surface area contributed by atoms with E-state index in [0.717, 1.165) is 17.3 Å². The second-order valence-electron chi connectivity index (χ2n) is 7.28. The van der Waals surface area contributed by atoms with Crippen molar-refractivity contribution in [2.75, 3.05) is 31.7 Å². The summed E-state index contributed by atoms with van der Waals surface area (Å²) in [6.07, 6.45) is 5.22. The molecular formula is C21H22N6O5S. The Kier molecular flexibility index (Phi) is 6.49. The van der Waals surface area contributed by atoms with Crippen molar-refractivity contribution in [1.82, 2.24) is 13.9 Å². The number of nitrogens with zero attached hydrogens (tertiary/aromatic N) is 5. The van der Waals surface area contributed by atoms with Gasteiger partial charge in [-0.3, -0.25) is 15.5 Å². The van der Waals surface area contributed by atoms with Gasteiger partial charge >= 0.3 is 0 Å². The van der Waals surface area contributed by atoms with Gasteiger partial charge in [0, 0.05) is 37.2 Å². The van der Waals surface area contributed by atoms with Crippen LogP contribution in [0.15, 0.2) is 71.2 Å². The molecule has 1 saturated heterocycles. The zero-order valence-corrected chi connectivity index (χ0v) is 18.6. The van der Waals surface area contributed by atoms with Crippen LogP contribution < -0.4 is 5.43 Å². The minimum absolute atomic E-state index is 0.0929. The Morgan fingerprint density at radius 1 is 1.18 bits per heavy atom. The fourth-order valence-corrected chi connectivity index (χ4v) is 4.78. The summed E-state index contributed by atoms with van der Waals surface area (Å²) in [7, 11) is -3.85. The summed E-state index contributed by atoms with van der Waals surface area (Å²) >= 11 is 0. The molecule has 1 N–H and O–H groups in total. The first kappa shape index (κ1) is 22.6. The van der Waals surface area contributed by atoms with E-state index in [1.807, 2.05) is 35.0 Å². The van der Waals surface area contributed by atoms with E-state index in [-0.39, 0.29) is 42.6 Å². The lowest BCUT2D eigenvalue weighted by atomic mass is 10.1. The molecule has 1 aromatic heterocycles. The SMILES string of the molecule is C/C(=N\Nc1ccc(S(=O)(=O)N2CCOCC2)cc1[N+](=O)[O-])c1ccc(-n2ccnc2)cc1. The molecule has 3 aromatic rings. The second-order valence-corrected chi connectivity index (χ2v) is 9.22. The van der Waals surface area contributed by atoms with E-state index < -0.39 is 14.9 Å². The first-order chi connectivity index (χ1) is 15.9. The summed E-state index contributed by atoms with van der Waals surface area (Å²) < 4.78 is 34.0. The molecule has 2 heterocycles. The minimum atomic E-state index is -3.85. The van der Waals surface area contributed by atoms with Crippen LogP contribution in [-0.4, -0.2) is 59.2 Å². The van der Waals surface area contributed by atoms with Crippen molar-refractivity contribution in [1.29, 1.82) is 0 Å². The predicted molar refractivity (Wildman–Crippen MR) is 122 cm³/mol. The molecule has 0 aliphatic carbocycles. The van der Waals surface area contributed by atoms with E-state index in [9.17, 15) is 18.5 Å². The van der Waals surface area contributed by atoms with Crippen molar-refractivity contribution in [2.24, 2.45) is 5.10 Å². The molecule has 0 radical (unpaired) electrons. The Morgan fingerprint density at radius 3 is 2.55 bits per heavy atom. The number of nitro groups is 1. The molecule has 2 aromatic carbocycles. The summed E-state index contributed by atoms with van der Waals surface area (Å²) in [6, 6.07) is 11.3. The van der Waals surface area contributed by atoms with Gasteiger partial charge in [0.1, 0.15) is 5.69 Å². The second kappa shape index (κ2) is 9.48. The fourth-order valence-electron chi connectivity index (χ4n) is 3.35. The highest BCUT2D eigenvalue weighted by Crippen LogP contribution is 2.29. The van der Waals surface area contributed by atoms with Crippen molar-refractivity contribution in [3.05, 3.63) is 76.9 Å². The summed E-state index contributed by atoms with van der Waals surface area (Å²) in [5.74, 6) is 0. The number of morpholine rings is 1. The van der Waals surface area contributed by atoms with E-state index in [2.05, 4.69) is 15.5 Å². The minimum Gasteiger partial charge on any atom is -0.379 e. The molecule has 12 heteroatoms. The lowest BCUT2D eigenvalue weighted by Crippen LogP contribution is -2.40. The van der Waals surface area contributed by atoms with Crippen molar-refractivity contribution >= 4 is 27.1 Å². The van der Waals surface area contributed by atoms with Gasteiger partial charge in [-0.1, -0.05) is 12.1 Å². The molecule has 172 valence electrons. The quantitative estimate of drug-likeness (QED) is 0.319. The molecule has 1 aliphatic heterocycles. The van der Waals surface area contributed by atoms with Crippen molar-refractivity contribution in [3.63, 3.8) is 0 Å². The van der Waals surface area contributed by atoms with Gasteiger partial charge in [0.25, 0.3) is 5.69 Å². The molecule has 1 fully saturated rings. The van der Waals surface area contributed by atoms with Gasteiger partial charge in [-0.2, -0.15) is 9.41 Å². The number of anilines is 1. The van der Waals surface area contributed by atoms with E-state index in [0.29, 0.717) is 5.71 Å². The summed E-state index contributed by atoms with van der Waals surface area (Å²) in [5.41, 5.74) is 4.77. The Morgan fingerprint density at radius 2 is 1.91 bits per heavy atom. The number of nitro benzene ring substituents is 1. The smallest absolute Gasteiger partial charge is 0.295 e. The number of aromatic nitrogens is 2. The van der Waals surface area contributed by atoms with Crippen LogP contribution in [0.4, 0.5) is 11.4 Å². The van der Waals surface area contributed by atoms with Crippen LogP contribution in [-0.2, 0) is 14.8 Å². The van der Waals surface area contributed by atoms with Crippen LogP contribution in [0.25, 0.3) is 5.69 Å². The van der Waals surface area contributed by atoms with E-state index >= 15 is 0 Å². The Bertz CT molecular complexity index is 1270. The third-order valence-corrected chi connectivity index (χ3v) is 7.10. The van der Waals surface area contributed by atoms with Crippen molar-refractivity contribution < 1.29 is 18.1 Å². The topological polar surface area (TPSA) is 132 Å². The largest absolute Gasteiger partial charge is 0.379 e. The van der Waals surface area contributed by atoms with Crippen LogP contribution >= 0.6 is 0 Å².